The normalized spacial score (nSPS) is 16.1. The number of hydrogen-bond donors (Lipinski definition) is 3. The van der Waals surface area contributed by atoms with Crippen molar-refractivity contribution >= 4 is 17.2 Å². The summed E-state index contributed by atoms with van der Waals surface area (Å²) >= 11 is 0. The summed E-state index contributed by atoms with van der Waals surface area (Å²) in [6, 6.07) is 9.89. The first-order valence-electron chi connectivity index (χ1n) is 10.9. The van der Waals surface area contributed by atoms with E-state index in [4.69, 9.17) is 10.7 Å². The molecule has 0 saturated carbocycles. The van der Waals surface area contributed by atoms with Crippen molar-refractivity contribution in [2.45, 2.75) is 31.8 Å². The van der Waals surface area contributed by atoms with Gasteiger partial charge in [-0.1, -0.05) is 18.6 Å². The van der Waals surface area contributed by atoms with E-state index in [0.29, 0.717) is 17.1 Å². The fraction of sp³-hybridized carbons (Fsp3) is 0.250. The maximum atomic E-state index is 13.3. The second-order valence-corrected chi connectivity index (χ2v) is 8.08. The third-order valence-corrected chi connectivity index (χ3v) is 5.86. The fourth-order valence-corrected chi connectivity index (χ4v) is 4.20. The van der Waals surface area contributed by atoms with Crippen LogP contribution in [0.25, 0.3) is 16.8 Å². The Labute approximate surface area is 190 Å². The summed E-state index contributed by atoms with van der Waals surface area (Å²) in [6.07, 6.45) is 8.27. The Kier molecular flexibility index (Phi) is 5.70. The molecule has 9 heteroatoms. The topological polar surface area (TPSA) is 110 Å². The Hall–Kier alpha value is -3.85. The van der Waals surface area contributed by atoms with Crippen molar-refractivity contribution in [3.63, 3.8) is 0 Å². The summed E-state index contributed by atoms with van der Waals surface area (Å²) in [6.45, 7) is 1.11. The minimum absolute atomic E-state index is 0.143. The second kappa shape index (κ2) is 8.95. The summed E-state index contributed by atoms with van der Waals surface area (Å²) in [5, 5.41) is 6.30. The van der Waals surface area contributed by atoms with Gasteiger partial charge in [0.2, 0.25) is 0 Å². The van der Waals surface area contributed by atoms with E-state index in [1.54, 1.807) is 18.3 Å². The summed E-state index contributed by atoms with van der Waals surface area (Å²) in [5.74, 6) is 0.669. The number of nitrogen functional groups attached to an aromatic ring is 1. The van der Waals surface area contributed by atoms with E-state index in [9.17, 15) is 9.18 Å². The predicted molar refractivity (Wildman–Crippen MR) is 123 cm³/mol. The summed E-state index contributed by atoms with van der Waals surface area (Å²) in [5.41, 5.74) is 9.51. The molecule has 0 bridgehead atoms. The van der Waals surface area contributed by atoms with E-state index in [0.717, 1.165) is 48.4 Å². The molecule has 1 aliphatic rings. The molecule has 0 unspecified atom stereocenters. The van der Waals surface area contributed by atoms with Crippen molar-refractivity contribution in [2.24, 2.45) is 0 Å². The molecule has 1 aliphatic heterocycles. The molecule has 1 aromatic carbocycles. The van der Waals surface area contributed by atoms with Crippen LogP contribution in [0.5, 0.6) is 0 Å². The van der Waals surface area contributed by atoms with Crippen LogP contribution in [0, 0.1) is 5.82 Å². The number of carbonyl (C=O) groups excluding carboxylic acids is 1. The molecule has 0 radical (unpaired) electrons. The van der Waals surface area contributed by atoms with Gasteiger partial charge in [-0.15, -0.1) is 0 Å². The number of halogens is 1. The van der Waals surface area contributed by atoms with Gasteiger partial charge in [0.1, 0.15) is 28.7 Å². The van der Waals surface area contributed by atoms with E-state index in [-0.39, 0.29) is 24.3 Å². The lowest BCUT2D eigenvalue weighted by atomic mass is 10.0. The van der Waals surface area contributed by atoms with Crippen LogP contribution in [-0.2, 0) is 6.54 Å². The number of hydrogen-bond acceptors (Lipinski definition) is 6. The highest BCUT2D eigenvalue weighted by atomic mass is 19.1. The van der Waals surface area contributed by atoms with Gasteiger partial charge in [-0.3, -0.25) is 14.2 Å². The third-order valence-electron chi connectivity index (χ3n) is 5.86. The van der Waals surface area contributed by atoms with Crippen molar-refractivity contribution in [3.05, 3.63) is 77.9 Å². The molecule has 1 amide bonds. The SMILES string of the molecule is Nc1nccn2c([C@@H]3CCCCN3)nc(-c3ccc(C(=O)NCc4cc(F)ccn4)cc3)c12. The Bertz CT molecular complexity index is 1300. The van der Waals surface area contributed by atoms with Gasteiger partial charge in [0.15, 0.2) is 0 Å². The van der Waals surface area contributed by atoms with E-state index in [2.05, 4.69) is 20.6 Å². The minimum Gasteiger partial charge on any atom is -0.382 e. The zero-order chi connectivity index (χ0) is 22.8. The fourth-order valence-electron chi connectivity index (χ4n) is 4.20. The van der Waals surface area contributed by atoms with Crippen LogP contribution in [0.3, 0.4) is 0 Å². The molecule has 33 heavy (non-hydrogen) atoms. The molecule has 4 aromatic rings. The molecule has 8 nitrogen and oxygen atoms in total. The minimum atomic E-state index is -0.387. The van der Waals surface area contributed by atoms with Gasteiger partial charge < -0.3 is 16.4 Å². The van der Waals surface area contributed by atoms with Crippen molar-refractivity contribution in [3.8, 4) is 11.3 Å². The number of carbonyl (C=O) groups is 1. The van der Waals surface area contributed by atoms with E-state index in [1.165, 1.54) is 18.3 Å². The van der Waals surface area contributed by atoms with Gasteiger partial charge in [-0.25, -0.2) is 14.4 Å². The quantitative estimate of drug-likeness (QED) is 0.435. The molecule has 1 atom stereocenters. The lowest BCUT2D eigenvalue weighted by Crippen LogP contribution is -2.28. The number of rotatable bonds is 5. The average molecular weight is 446 g/mol. The lowest BCUT2D eigenvalue weighted by Gasteiger charge is -2.22. The third kappa shape index (κ3) is 4.27. The first kappa shape index (κ1) is 21.0. The molecule has 168 valence electrons. The number of fused-ring (bicyclic) bond motifs is 1. The zero-order valence-electron chi connectivity index (χ0n) is 18.0. The standard InChI is InChI=1S/C24H24FN7O/c25-17-8-10-27-18(13-17)14-30-24(33)16-6-4-15(5-7-16)20-21-22(26)29-11-12-32(21)23(31-20)19-3-1-2-9-28-19/h4-8,10-13,19,28H,1-3,9,14H2,(H2,26,29)(H,30,33)/t19-/m0/s1. The number of anilines is 1. The Balaban J connectivity index is 1.40. The van der Waals surface area contributed by atoms with Gasteiger partial charge in [0.25, 0.3) is 5.91 Å². The summed E-state index contributed by atoms with van der Waals surface area (Å²) < 4.78 is 15.3. The molecular formula is C24H24FN7O. The van der Waals surface area contributed by atoms with Crippen molar-refractivity contribution < 1.29 is 9.18 Å². The molecule has 0 spiro atoms. The van der Waals surface area contributed by atoms with Crippen LogP contribution in [0.2, 0.25) is 0 Å². The van der Waals surface area contributed by atoms with Crippen molar-refractivity contribution in [1.82, 2.24) is 30.0 Å². The van der Waals surface area contributed by atoms with Crippen LogP contribution in [0.15, 0.2) is 55.0 Å². The van der Waals surface area contributed by atoms with Crippen LogP contribution >= 0.6 is 0 Å². The number of aromatic nitrogens is 4. The van der Waals surface area contributed by atoms with Gasteiger partial charge in [-0.2, -0.15) is 0 Å². The molecule has 1 saturated heterocycles. The highest BCUT2D eigenvalue weighted by Gasteiger charge is 2.23. The Morgan fingerprint density at radius 3 is 2.79 bits per heavy atom. The monoisotopic (exact) mass is 445 g/mol. The number of nitrogens with zero attached hydrogens (tertiary/aromatic N) is 4. The van der Waals surface area contributed by atoms with Crippen LogP contribution in [-0.4, -0.2) is 31.8 Å². The lowest BCUT2D eigenvalue weighted by molar-refractivity contribution is 0.0950. The molecule has 0 aliphatic carbocycles. The van der Waals surface area contributed by atoms with E-state index < -0.39 is 0 Å². The van der Waals surface area contributed by atoms with Gasteiger partial charge in [0.05, 0.1) is 18.3 Å². The highest BCUT2D eigenvalue weighted by Crippen LogP contribution is 2.32. The number of nitrogens with two attached hydrogens (primary N) is 1. The maximum absolute atomic E-state index is 13.3. The summed E-state index contributed by atoms with van der Waals surface area (Å²) in [7, 11) is 0. The highest BCUT2D eigenvalue weighted by molar-refractivity contribution is 5.95. The molecule has 4 N–H and O–H groups in total. The smallest absolute Gasteiger partial charge is 0.251 e. The van der Waals surface area contributed by atoms with E-state index >= 15 is 0 Å². The molecular weight excluding hydrogens is 421 g/mol. The number of piperidine rings is 1. The molecule has 1 fully saturated rings. The van der Waals surface area contributed by atoms with Gasteiger partial charge >= 0.3 is 0 Å². The zero-order valence-corrected chi connectivity index (χ0v) is 18.0. The largest absolute Gasteiger partial charge is 0.382 e. The van der Waals surface area contributed by atoms with Crippen LogP contribution in [0.1, 0.15) is 47.2 Å². The van der Waals surface area contributed by atoms with Gasteiger partial charge in [0, 0.05) is 29.7 Å². The van der Waals surface area contributed by atoms with Crippen molar-refractivity contribution in [1.29, 1.82) is 0 Å². The van der Waals surface area contributed by atoms with Crippen molar-refractivity contribution in [2.75, 3.05) is 12.3 Å². The average Bonchev–Trinajstić information content (AvgIpc) is 3.24. The van der Waals surface area contributed by atoms with Gasteiger partial charge in [-0.05, 0) is 43.7 Å². The number of pyridine rings is 1. The van der Waals surface area contributed by atoms with Crippen LogP contribution < -0.4 is 16.4 Å². The molecule has 3 aromatic heterocycles. The Morgan fingerprint density at radius 1 is 1.18 bits per heavy atom. The Morgan fingerprint density at radius 2 is 2.03 bits per heavy atom. The summed E-state index contributed by atoms with van der Waals surface area (Å²) in [4.78, 5) is 25.8. The predicted octanol–water partition coefficient (Wildman–Crippen LogP) is 3.26. The first-order valence-corrected chi connectivity index (χ1v) is 10.9. The number of imidazole rings is 1. The number of amides is 1. The maximum Gasteiger partial charge on any atom is 0.251 e. The molecule has 4 heterocycles. The number of nitrogens with one attached hydrogen (secondary N) is 2. The van der Waals surface area contributed by atoms with E-state index in [1.807, 2.05) is 22.7 Å². The molecule has 5 rings (SSSR count). The van der Waals surface area contributed by atoms with Crippen LogP contribution in [0.4, 0.5) is 10.2 Å². The second-order valence-electron chi connectivity index (χ2n) is 8.08. The first-order chi connectivity index (χ1) is 16.1. The number of benzene rings is 1.